The van der Waals surface area contributed by atoms with Gasteiger partial charge in [0, 0.05) is 12.2 Å². The van der Waals surface area contributed by atoms with E-state index in [9.17, 15) is 5.21 Å². The van der Waals surface area contributed by atoms with Crippen LogP contribution in [0, 0.1) is 6.92 Å². The third-order valence-corrected chi connectivity index (χ3v) is 2.68. The largest absolute Gasteiger partial charge is 0.398 e. The number of nitrogens with zero attached hydrogens (tertiary/aromatic N) is 1. The number of anilines is 2. The second-order valence-corrected chi connectivity index (χ2v) is 3.74. The smallest absolute Gasteiger partial charge is 0.0667 e. The third-order valence-electron chi connectivity index (χ3n) is 2.68. The highest BCUT2D eigenvalue weighted by Crippen LogP contribution is 2.27. The SMILES string of the molecule is CCCc1c(N)ccc(N(O)CC)c1C. The van der Waals surface area contributed by atoms with E-state index in [1.165, 1.54) is 5.06 Å². The van der Waals surface area contributed by atoms with Gasteiger partial charge in [-0.25, -0.2) is 0 Å². The van der Waals surface area contributed by atoms with Crippen LogP contribution in [0.15, 0.2) is 12.1 Å². The quantitative estimate of drug-likeness (QED) is 0.591. The second kappa shape index (κ2) is 5.03. The molecule has 0 bridgehead atoms. The fourth-order valence-corrected chi connectivity index (χ4v) is 1.80. The van der Waals surface area contributed by atoms with Crippen LogP contribution in [-0.4, -0.2) is 11.8 Å². The number of hydroxylamine groups is 1. The minimum Gasteiger partial charge on any atom is -0.398 e. The molecule has 0 aromatic heterocycles. The molecule has 0 unspecified atom stereocenters. The Morgan fingerprint density at radius 3 is 2.53 bits per heavy atom. The zero-order valence-electron chi connectivity index (χ0n) is 9.75. The predicted molar refractivity (Wildman–Crippen MR) is 64.4 cm³/mol. The van der Waals surface area contributed by atoms with Gasteiger partial charge in [-0.05, 0) is 43.5 Å². The Balaban J connectivity index is 3.15. The van der Waals surface area contributed by atoms with Gasteiger partial charge in [0.15, 0.2) is 0 Å². The molecular formula is C12H20N2O. The maximum absolute atomic E-state index is 9.69. The van der Waals surface area contributed by atoms with Crippen LogP contribution in [0.25, 0.3) is 0 Å². The highest BCUT2D eigenvalue weighted by atomic mass is 16.5. The van der Waals surface area contributed by atoms with Crippen molar-refractivity contribution >= 4 is 11.4 Å². The summed E-state index contributed by atoms with van der Waals surface area (Å²) in [5.74, 6) is 0. The van der Waals surface area contributed by atoms with Gasteiger partial charge in [0.05, 0.1) is 5.69 Å². The van der Waals surface area contributed by atoms with Crippen molar-refractivity contribution in [1.82, 2.24) is 0 Å². The molecule has 0 atom stereocenters. The van der Waals surface area contributed by atoms with E-state index in [-0.39, 0.29) is 0 Å². The summed E-state index contributed by atoms with van der Waals surface area (Å²) in [5.41, 5.74) is 9.84. The molecule has 0 fully saturated rings. The van der Waals surface area contributed by atoms with Crippen molar-refractivity contribution in [2.24, 2.45) is 0 Å². The van der Waals surface area contributed by atoms with Crippen molar-refractivity contribution in [3.8, 4) is 0 Å². The Kier molecular flexibility index (Phi) is 3.97. The molecule has 0 heterocycles. The van der Waals surface area contributed by atoms with Gasteiger partial charge < -0.3 is 5.73 Å². The number of hydrogen-bond acceptors (Lipinski definition) is 3. The predicted octanol–water partition coefficient (Wildman–Crippen LogP) is 2.75. The Labute approximate surface area is 91.5 Å². The van der Waals surface area contributed by atoms with Gasteiger partial charge >= 0.3 is 0 Å². The Hall–Kier alpha value is -1.22. The van der Waals surface area contributed by atoms with Crippen LogP contribution >= 0.6 is 0 Å². The normalized spacial score (nSPS) is 10.4. The summed E-state index contributed by atoms with van der Waals surface area (Å²) in [6.45, 7) is 6.63. The van der Waals surface area contributed by atoms with Gasteiger partial charge in [-0.15, -0.1) is 0 Å². The van der Waals surface area contributed by atoms with Crippen LogP contribution in [0.3, 0.4) is 0 Å². The van der Waals surface area contributed by atoms with Gasteiger partial charge in [0.2, 0.25) is 0 Å². The van der Waals surface area contributed by atoms with E-state index in [0.29, 0.717) is 6.54 Å². The standard InChI is InChI=1S/C12H20N2O/c1-4-6-10-9(3)12(14(15)5-2)8-7-11(10)13/h7-8,15H,4-6,13H2,1-3H3. The Bertz CT molecular complexity index is 337. The lowest BCUT2D eigenvalue weighted by atomic mass is 10.0. The molecule has 0 aliphatic carbocycles. The van der Waals surface area contributed by atoms with Crippen molar-refractivity contribution in [2.45, 2.75) is 33.6 Å². The van der Waals surface area contributed by atoms with Crippen LogP contribution in [-0.2, 0) is 6.42 Å². The van der Waals surface area contributed by atoms with Gasteiger partial charge in [0.1, 0.15) is 0 Å². The van der Waals surface area contributed by atoms with Gasteiger partial charge in [-0.2, -0.15) is 0 Å². The molecule has 3 nitrogen and oxygen atoms in total. The molecule has 3 heteroatoms. The van der Waals surface area contributed by atoms with Gasteiger partial charge in [0.25, 0.3) is 0 Å². The molecule has 0 saturated carbocycles. The first kappa shape index (κ1) is 11.9. The molecular weight excluding hydrogens is 188 g/mol. The first-order valence-electron chi connectivity index (χ1n) is 5.46. The number of nitrogens with two attached hydrogens (primary N) is 1. The summed E-state index contributed by atoms with van der Waals surface area (Å²) in [4.78, 5) is 0. The highest BCUT2D eigenvalue weighted by molar-refractivity contribution is 5.63. The zero-order valence-corrected chi connectivity index (χ0v) is 9.75. The zero-order chi connectivity index (χ0) is 11.4. The Morgan fingerprint density at radius 1 is 1.33 bits per heavy atom. The maximum atomic E-state index is 9.69. The van der Waals surface area contributed by atoms with Crippen LogP contribution in [0.5, 0.6) is 0 Å². The first-order chi connectivity index (χ1) is 7.11. The van der Waals surface area contributed by atoms with Gasteiger partial charge in [-0.1, -0.05) is 13.3 Å². The minimum absolute atomic E-state index is 0.580. The van der Waals surface area contributed by atoms with Crippen LogP contribution in [0.4, 0.5) is 11.4 Å². The van der Waals surface area contributed by atoms with E-state index < -0.39 is 0 Å². The summed E-state index contributed by atoms with van der Waals surface area (Å²) >= 11 is 0. The van der Waals surface area contributed by atoms with E-state index in [1.54, 1.807) is 0 Å². The van der Waals surface area contributed by atoms with Crippen LogP contribution < -0.4 is 10.8 Å². The lowest BCUT2D eigenvalue weighted by Gasteiger charge is -2.20. The van der Waals surface area contributed by atoms with E-state index in [2.05, 4.69) is 6.92 Å². The fourth-order valence-electron chi connectivity index (χ4n) is 1.80. The van der Waals surface area contributed by atoms with Gasteiger partial charge in [-0.3, -0.25) is 10.3 Å². The van der Waals surface area contributed by atoms with E-state index in [0.717, 1.165) is 35.3 Å². The maximum Gasteiger partial charge on any atom is 0.0667 e. The molecule has 15 heavy (non-hydrogen) atoms. The molecule has 0 amide bonds. The molecule has 0 spiro atoms. The molecule has 0 saturated heterocycles. The molecule has 0 aliphatic heterocycles. The Morgan fingerprint density at radius 2 is 2.00 bits per heavy atom. The summed E-state index contributed by atoms with van der Waals surface area (Å²) in [7, 11) is 0. The number of benzene rings is 1. The lowest BCUT2D eigenvalue weighted by molar-refractivity contribution is 0.259. The fraction of sp³-hybridized carbons (Fsp3) is 0.500. The summed E-state index contributed by atoms with van der Waals surface area (Å²) < 4.78 is 0. The molecule has 84 valence electrons. The molecule has 0 aliphatic rings. The molecule has 1 aromatic carbocycles. The van der Waals surface area contributed by atoms with Crippen molar-refractivity contribution in [3.63, 3.8) is 0 Å². The second-order valence-electron chi connectivity index (χ2n) is 3.74. The summed E-state index contributed by atoms with van der Waals surface area (Å²) in [6.07, 6.45) is 2.02. The average molecular weight is 208 g/mol. The first-order valence-corrected chi connectivity index (χ1v) is 5.46. The molecule has 1 aromatic rings. The van der Waals surface area contributed by atoms with Crippen molar-refractivity contribution in [2.75, 3.05) is 17.3 Å². The van der Waals surface area contributed by atoms with Crippen LogP contribution in [0.1, 0.15) is 31.4 Å². The van der Waals surface area contributed by atoms with Crippen molar-refractivity contribution < 1.29 is 5.21 Å². The monoisotopic (exact) mass is 208 g/mol. The number of rotatable bonds is 4. The average Bonchev–Trinajstić information content (AvgIpc) is 2.23. The van der Waals surface area contributed by atoms with E-state index >= 15 is 0 Å². The van der Waals surface area contributed by atoms with E-state index in [1.807, 2.05) is 26.0 Å². The number of hydrogen-bond donors (Lipinski definition) is 2. The highest BCUT2D eigenvalue weighted by Gasteiger charge is 2.10. The van der Waals surface area contributed by atoms with Crippen molar-refractivity contribution in [1.29, 1.82) is 0 Å². The van der Waals surface area contributed by atoms with Crippen molar-refractivity contribution in [3.05, 3.63) is 23.3 Å². The number of nitrogen functional groups attached to an aromatic ring is 1. The molecule has 1 rings (SSSR count). The topological polar surface area (TPSA) is 49.5 Å². The molecule has 0 radical (unpaired) electrons. The third kappa shape index (κ3) is 2.42. The van der Waals surface area contributed by atoms with E-state index in [4.69, 9.17) is 5.73 Å². The molecule has 3 N–H and O–H groups in total. The van der Waals surface area contributed by atoms with Crippen LogP contribution in [0.2, 0.25) is 0 Å². The summed E-state index contributed by atoms with van der Waals surface area (Å²) in [5, 5.41) is 10.9. The lowest BCUT2D eigenvalue weighted by Crippen LogP contribution is -2.18. The summed E-state index contributed by atoms with van der Waals surface area (Å²) in [6, 6.07) is 3.74. The minimum atomic E-state index is 0.580.